The zero-order valence-electron chi connectivity index (χ0n) is 7.22. The van der Waals surface area contributed by atoms with Crippen LogP contribution in [0.4, 0.5) is 0 Å². The second-order valence-electron chi connectivity index (χ2n) is 2.73. The number of hydrogen-bond donors (Lipinski definition) is 0. The van der Waals surface area contributed by atoms with E-state index in [9.17, 15) is 0 Å². The number of ether oxygens (including phenoxy) is 1. The summed E-state index contributed by atoms with van der Waals surface area (Å²) in [6.45, 7) is 4.20. The molecule has 0 aliphatic rings. The zero-order chi connectivity index (χ0) is 8.27. The van der Waals surface area contributed by atoms with Gasteiger partial charge in [0.1, 0.15) is 5.75 Å². The normalized spacial score (nSPS) is 10.2. The summed E-state index contributed by atoms with van der Waals surface area (Å²) in [6, 6.07) is 8.08. The lowest BCUT2D eigenvalue weighted by molar-refractivity contribution is 0.414. The van der Waals surface area contributed by atoms with Crippen molar-refractivity contribution in [3.63, 3.8) is 0 Å². The summed E-state index contributed by atoms with van der Waals surface area (Å²) in [6.07, 6.45) is 0. The molecule has 0 aliphatic heterocycles. The predicted molar refractivity (Wildman–Crippen MR) is 46.7 cm³/mol. The molecule has 1 nitrogen and oxygen atoms in total. The van der Waals surface area contributed by atoms with Gasteiger partial charge in [-0.2, -0.15) is 0 Å². The smallest absolute Gasteiger partial charge is 0.118 e. The van der Waals surface area contributed by atoms with Gasteiger partial charge in [0.15, 0.2) is 0 Å². The average Bonchev–Trinajstić information content (AvgIpc) is 2.05. The first-order valence-electron chi connectivity index (χ1n) is 3.68. The summed E-state index contributed by atoms with van der Waals surface area (Å²) < 4.78 is 5.04. The highest BCUT2D eigenvalue weighted by Crippen LogP contribution is 2.17. The van der Waals surface area contributed by atoms with Gasteiger partial charge in [-0.1, -0.05) is 26.0 Å². The van der Waals surface area contributed by atoms with Crippen LogP contribution >= 0.6 is 0 Å². The number of methoxy groups -OCH3 is 1. The molecule has 0 unspecified atom stereocenters. The van der Waals surface area contributed by atoms with Gasteiger partial charge in [0.2, 0.25) is 0 Å². The standard InChI is InChI=1S/C10H13O/c1-8(2)9-4-6-10(11-3)7-5-9/h4-7H,1-3H3. The van der Waals surface area contributed by atoms with Crippen LogP contribution in [-0.2, 0) is 0 Å². The van der Waals surface area contributed by atoms with Gasteiger partial charge in [-0.15, -0.1) is 0 Å². The third-order valence-corrected chi connectivity index (χ3v) is 1.67. The molecule has 11 heavy (non-hydrogen) atoms. The van der Waals surface area contributed by atoms with E-state index >= 15 is 0 Å². The van der Waals surface area contributed by atoms with E-state index in [1.165, 1.54) is 11.5 Å². The first-order chi connectivity index (χ1) is 5.24. The molecule has 0 bridgehead atoms. The van der Waals surface area contributed by atoms with Gasteiger partial charge in [-0.3, -0.25) is 0 Å². The molecular formula is C10H13O. The highest BCUT2D eigenvalue weighted by molar-refractivity contribution is 5.33. The van der Waals surface area contributed by atoms with Crippen molar-refractivity contribution in [3.05, 3.63) is 35.7 Å². The van der Waals surface area contributed by atoms with Gasteiger partial charge < -0.3 is 4.74 Å². The van der Waals surface area contributed by atoms with Gasteiger partial charge in [0, 0.05) is 0 Å². The molecule has 0 fully saturated rings. The molecule has 0 amide bonds. The second kappa shape index (κ2) is 3.42. The zero-order valence-corrected chi connectivity index (χ0v) is 7.22. The minimum atomic E-state index is 0.912. The Morgan fingerprint density at radius 2 is 1.64 bits per heavy atom. The Morgan fingerprint density at radius 3 is 2.00 bits per heavy atom. The molecule has 1 radical (unpaired) electrons. The van der Waals surface area contributed by atoms with Crippen LogP contribution in [0.1, 0.15) is 19.4 Å². The molecule has 1 heteroatoms. The number of hydrogen-bond acceptors (Lipinski definition) is 1. The van der Waals surface area contributed by atoms with E-state index in [1.807, 2.05) is 12.1 Å². The van der Waals surface area contributed by atoms with E-state index in [-0.39, 0.29) is 0 Å². The topological polar surface area (TPSA) is 9.23 Å². The molecule has 1 rings (SSSR count). The van der Waals surface area contributed by atoms with Crippen molar-refractivity contribution in [2.45, 2.75) is 13.8 Å². The highest BCUT2D eigenvalue weighted by Gasteiger charge is 1.97. The molecule has 0 saturated heterocycles. The molecule has 0 aromatic heterocycles. The molecule has 1 aromatic carbocycles. The van der Waals surface area contributed by atoms with E-state index in [0.29, 0.717) is 0 Å². The minimum absolute atomic E-state index is 0.912. The number of benzene rings is 1. The van der Waals surface area contributed by atoms with E-state index in [1.54, 1.807) is 7.11 Å². The maximum atomic E-state index is 5.04. The third kappa shape index (κ3) is 1.97. The van der Waals surface area contributed by atoms with Crippen LogP contribution in [0.5, 0.6) is 5.75 Å². The number of rotatable bonds is 2. The average molecular weight is 149 g/mol. The predicted octanol–water partition coefficient (Wildman–Crippen LogP) is 2.66. The summed E-state index contributed by atoms with van der Waals surface area (Å²) in [4.78, 5) is 0. The molecule has 0 spiro atoms. The second-order valence-corrected chi connectivity index (χ2v) is 2.73. The van der Waals surface area contributed by atoms with Crippen molar-refractivity contribution in [3.8, 4) is 5.75 Å². The van der Waals surface area contributed by atoms with E-state index < -0.39 is 0 Å². The van der Waals surface area contributed by atoms with Crippen LogP contribution in [0.3, 0.4) is 0 Å². The van der Waals surface area contributed by atoms with Crippen molar-refractivity contribution in [2.24, 2.45) is 0 Å². The summed E-state index contributed by atoms with van der Waals surface area (Å²) in [7, 11) is 1.68. The van der Waals surface area contributed by atoms with Crippen molar-refractivity contribution in [1.82, 2.24) is 0 Å². The fourth-order valence-corrected chi connectivity index (χ4v) is 0.924. The summed E-state index contributed by atoms with van der Waals surface area (Å²) in [5, 5.41) is 0. The van der Waals surface area contributed by atoms with E-state index in [4.69, 9.17) is 4.74 Å². The molecule has 0 saturated carbocycles. The van der Waals surface area contributed by atoms with Gasteiger partial charge >= 0.3 is 0 Å². The quantitative estimate of drug-likeness (QED) is 0.628. The Kier molecular flexibility index (Phi) is 2.53. The van der Waals surface area contributed by atoms with Gasteiger partial charge in [0.25, 0.3) is 0 Å². The molecule has 0 N–H and O–H groups in total. The Hall–Kier alpha value is -0.980. The Morgan fingerprint density at radius 1 is 1.09 bits per heavy atom. The molecule has 0 atom stereocenters. The molecule has 59 valence electrons. The minimum Gasteiger partial charge on any atom is -0.497 e. The van der Waals surface area contributed by atoms with Crippen molar-refractivity contribution in [1.29, 1.82) is 0 Å². The summed E-state index contributed by atoms with van der Waals surface area (Å²) in [5.41, 5.74) is 1.27. The Bertz CT molecular complexity index is 211. The lowest BCUT2D eigenvalue weighted by Crippen LogP contribution is -1.88. The Labute approximate surface area is 68.0 Å². The Balaban J connectivity index is 2.83. The molecular weight excluding hydrogens is 136 g/mol. The van der Waals surface area contributed by atoms with Crippen LogP contribution in [0.15, 0.2) is 24.3 Å². The van der Waals surface area contributed by atoms with Crippen molar-refractivity contribution in [2.75, 3.05) is 7.11 Å². The van der Waals surface area contributed by atoms with Crippen LogP contribution in [0, 0.1) is 5.92 Å². The van der Waals surface area contributed by atoms with E-state index in [0.717, 1.165) is 5.75 Å². The fourth-order valence-electron chi connectivity index (χ4n) is 0.924. The molecule has 0 heterocycles. The SMILES string of the molecule is COc1ccc([C](C)C)cc1. The van der Waals surface area contributed by atoms with Gasteiger partial charge in [0.05, 0.1) is 7.11 Å². The molecule has 0 aliphatic carbocycles. The van der Waals surface area contributed by atoms with Crippen LogP contribution < -0.4 is 4.74 Å². The molecule has 1 aromatic rings. The van der Waals surface area contributed by atoms with Crippen molar-refractivity contribution >= 4 is 0 Å². The first kappa shape index (κ1) is 8.12. The largest absolute Gasteiger partial charge is 0.497 e. The lowest BCUT2D eigenvalue weighted by atomic mass is 10.0. The fraction of sp³-hybridized carbons (Fsp3) is 0.300. The van der Waals surface area contributed by atoms with Gasteiger partial charge in [-0.25, -0.2) is 0 Å². The van der Waals surface area contributed by atoms with Crippen LogP contribution in [-0.4, -0.2) is 7.11 Å². The highest BCUT2D eigenvalue weighted by atomic mass is 16.5. The third-order valence-electron chi connectivity index (χ3n) is 1.67. The summed E-state index contributed by atoms with van der Waals surface area (Å²) >= 11 is 0. The maximum absolute atomic E-state index is 5.04. The van der Waals surface area contributed by atoms with Gasteiger partial charge in [-0.05, 0) is 23.6 Å². The van der Waals surface area contributed by atoms with E-state index in [2.05, 4.69) is 26.0 Å². The summed E-state index contributed by atoms with van der Waals surface area (Å²) in [5.74, 6) is 2.24. The van der Waals surface area contributed by atoms with Crippen LogP contribution in [0.25, 0.3) is 0 Å². The maximum Gasteiger partial charge on any atom is 0.118 e. The lowest BCUT2D eigenvalue weighted by Gasteiger charge is -2.04. The van der Waals surface area contributed by atoms with Crippen LogP contribution in [0.2, 0.25) is 0 Å². The monoisotopic (exact) mass is 149 g/mol. The first-order valence-corrected chi connectivity index (χ1v) is 3.68. The van der Waals surface area contributed by atoms with Crippen molar-refractivity contribution < 1.29 is 4.74 Å².